The molecule has 0 saturated carbocycles. The summed E-state index contributed by atoms with van der Waals surface area (Å²) >= 11 is 11.3. The molecular weight excluding hydrogens is 418 g/mol. The minimum Gasteiger partial charge on any atom is -0.487 e. The topological polar surface area (TPSA) is 62.4 Å². The Morgan fingerprint density at radius 1 is 0.967 bits per heavy atom. The minimum atomic E-state index is -0.287. The van der Waals surface area contributed by atoms with Crippen molar-refractivity contribution in [2.45, 2.75) is 19.6 Å². The quantitative estimate of drug-likeness (QED) is 0.381. The third kappa shape index (κ3) is 6.20. The lowest BCUT2D eigenvalue weighted by Gasteiger charge is -2.17. The van der Waals surface area contributed by atoms with Crippen molar-refractivity contribution in [3.05, 3.63) is 101 Å². The van der Waals surface area contributed by atoms with Gasteiger partial charge in [0.2, 0.25) is 0 Å². The SMILES string of the molecule is C[C@@H](NC(=S)NNC(=O)c1ccc(COc2ccccc2Cl)cc1)c1ccccc1. The van der Waals surface area contributed by atoms with Gasteiger partial charge in [-0.3, -0.25) is 15.6 Å². The van der Waals surface area contributed by atoms with E-state index in [1.807, 2.05) is 67.6 Å². The molecule has 0 unspecified atom stereocenters. The third-order valence-corrected chi connectivity index (χ3v) is 4.92. The number of carbonyl (C=O) groups excluding carboxylic acids is 1. The van der Waals surface area contributed by atoms with Crippen molar-refractivity contribution < 1.29 is 9.53 Å². The summed E-state index contributed by atoms with van der Waals surface area (Å²) in [4.78, 5) is 12.3. The number of halogens is 1. The molecule has 30 heavy (non-hydrogen) atoms. The van der Waals surface area contributed by atoms with Crippen molar-refractivity contribution in [1.29, 1.82) is 0 Å². The molecule has 0 radical (unpaired) electrons. The number of carbonyl (C=O) groups is 1. The number of hydrogen-bond donors (Lipinski definition) is 3. The summed E-state index contributed by atoms with van der Waals surface area (Å²) < 4.78 is 5.71. The molecule has 3 aromatic rings. The fourth-order valence-electron chi connectivity index (χ4n) is 2.72. The number of hydrogen-bond acceptors (Lipinski definition) is 3. The summed E-state index contributed by atoms with van der Waals surface area (Å²) in [5, 5.41) is 4.03. The van der Waals surface area contributed by atoms with Crippen LogP contribution in [0, 0.1) is 0 Å². The molecule has 3 rings (SSSR count). The van der Waals surface area contributed by atoms with Crippen LogP contribution in [-0.4, -0.2) is 11.0 Å². The van der Waals surface area contributed by atoms with Crippen LogP contribution in [0.1, 0.15) is 34.5 Å². The number of hydrazine groups is 1. The normalized spacial score (nSPS) is 11.3. The van der Waals surface area contributed by atoms with Crippen molar-refractivity contribution >= 4 is 34.8 Å². The zero-order valence-electron chi connectivity index (χ0n) is 16.4. The van der Waals surface area contributed by atoms with Crippen LogP contribution in [0.15, 0.2) is 78.9 Å². The molecule has 0 heterocycles. The zero-order chi connectivity index (χ0) is 21.3. The second-order valence-corrected chi connectivity index (χ2v) is 7.42. The van der Waals surface area contributed by atoms with E-state index in [9.17, 15) is 4.79 Å². The van der Waals surface area contributed by atoms with E-state index in [0.717, 1.165) is 11.1 Å². The van der Waals surface area contributed by atoms with Gasteiger partial charge in [0.1, 0.15) is 12.4 Å². The number of ether oxygens (including phenoxy) is 1. The van der Waals surface area contributed by atoms with Gasteiger partial charge in [-0.25, -0.2) is 0 Å². The molecule has 3 aromatic carbocycles. The number of thiocarbonyl (C=S) groups is 1. The van der Waals surface area contributed by atoms with E-state index in [-0.39, 0.29) is 11.9 Å². The highest BCUT2D eigenvalue weighted by atomic mass is 35.5. The van der Waals surface area contributed by atoms with Crippen LogP contribution in [-0.2, 0) is 6.61 Å². The highest BCUT2D eigenvalue weighted by Gasteiger charge is 2.09. The molecule has 0 aliphatic rings. The van der Waals surface area contributed by atoms with Gasteiger partial charge in [-0.05, 0) is 54.5 Å². The molecule has 3 N–H and O–H groups in total. The Morgan fingerprint density at radius 2 is 1.63 bits per heavy atom. The van der Waals surface area contributed by atoms with Gasteiger partial charge in [-0.15, -0.1) is 0 Å². The smallest absolute Gasteiger partial charge is 0.269 e. The largest absolute Gasteiger partial charge is 0.487 e. The lowest BCUT2D eigenvalue weighted by Crippen LogP contribution is -2.47. The van der Waals surface area contributed by atoms with Gasteiger partial charge in [-0.2, -0.15) is 0 Å². The fourth-order valence-corrected chi connectivity index (χ4v) is 3.14. The van der Waals surface area contributed by atoms with Crippen LogP contribution in [0.5, 0.6) is 5.75 Å². The Labute approximate surface area is 186 Å². The van der Waals surface area contributed by atoms with Gasteiger partial charge < -0.3 is 10.1 Å². The van der Waals surface area contributed by atoms with Gasteiger partial charge in [-0.1, -0.05) is 66.2 Å². The highest BCUT2D eigenvalue weighted by Crippen LogP contribution is 2.24. The van der Waals surface area contributed by atoms with Gasteiger partial charge >= 0.3 is 0 Å². The van der Waals surface area contributed by atoms with Crippen molar-refractivity contribution in [2.75, 3.05) is 0 Å². The number of amides is 1. The first kappa shape index (κ1) is 21.6. The molecule has 0 saturated heterocycles. The Bertz CT molecular complexity index is 997. The Balaban J connectivity index is 1.46. The molecule has 1 atom stereocenters. The van der Waals surface area contributed by atoms with Crippen LogP contribution in [0.3, 0.4) is 0 Å². The molecule has 0 bridgehead atoms. The molecule has 0 fully saturated rings. The van der Waals surface area contributed by atoms with Crippen LogP contribution in [0.4, 0.5) is 0 Å². The lowest BCUT2D eigenvalue weighted by atomic mass is 10.1. The summed E-state index contributed by atoms with van der Waals surface area (Å²) in [6.07, 6.45) is 0. The van der Waals surface area contributed by atoms with Crippen LogP contribution in [0.2, 0.25) is 5.02 Å². The average molecular weight is 440 g/mol. The first-order chi connectivity index (χ1) is 14.5. The Morgan fingerprint density at radius 3 is 2.33 bits per heavy atom. The maximum absolute atomic E-state index is 12.3. The van der Waals surface area contributed by atoms with Crippen molar-refractivity contribution in [2.24, 2.45) is 0 Å². The van der Waals surface area contributed by atoms with Crippen molar-refractivity contribution in [3.8, 4) is 5.75 Å². The third-order valence-electron chi connectivity index (χ3n) is 4.38. The Kier molecular flexibility index (Phi) is 7.65. The zero-order valence-corrected chi connectivity index (χ0v) is 18.0. The van der Waals surface area contributed by atoms with Gasteiger partial charge in [0, 0.05) is 5.56 Å². The predicted octanol–water partition coefficient (Wildman–Crippen LogP) is 4.79. The van der Waals surface area contributed by atoms with Crippen LogP contribution in [0.25, 0.3) is 0 Å². The minimum absolute atomic E-state index is 0.0144. The van der Waals surface area contributed by atoms with Crippen LogP contribution >= 0.6 is 23.8 Å². The monoisotopic (exact) mass is 439 g/mol. The number of benzene rings is 3. The van der Waals surface area contributed by atoms with Crippen LogP contribution < -0.4 is 20.9 Å². The second kappa shape index (κ2) is 10.6. The van der Waals surface area contributed by atoms with E-state index >= 15 is 0 Å². The number of para-hydroxylation sites is 1. The van der Waals surface area contributed by atoms with Crippen molar-refractivity contribution in [3.63, 3.8) is 0 Å². The fraction of sp³-hybridized carbons (Fsp3) is 0.130. The first-order valence-electron chi connectivity index (χ1n) is 9.41. The van der Waals surface area contributed by atoms with Gasteiger partial charge in [0.15, 0.2) is 5.11 Å². The molecule has 5 nitrogen and oxygen atoms in total. The molecule has 0 aromatic heterocycles. The molecule has 0 aliphatic carbocycles. The molecule has 154 valence electrons. The maximum Gasteiger partial charge on any atom is 0.269 e. The molecule has 0 aliphatic heterocycles. The van der Waals surface area contributed by atoms with E-state index < -0.39 is 0 Å². The summed E-state index contributed by atoms with van der Waals surface area (Å²) in [5.74, 6) is 0.334. The van der Waals surface area contributed by atoms with Crippen molar-refractivity contribution in [1.82, 2.24) is 16.2 Å². The van der Waals surface area contributed by atoms with E-state index in [2.05, 4.69) is 16.2 Å². The Hall–Kier alpha value is -3.09. The number of rotatable bonds is 6. The van der Waals surface area contributed by atoms with E-state index in [0.29, 0.717) is 28.1 Å². The first-order valence-corrected chi connectivity index (χ1v) is 10.2. The summed E-state index contributed by atoms with van der Waals surface area (Å²) in [5.41, 5.74) is 7.86. The molecule has 1 amide bonds. The maximum atomic E-state index is 12.3. The summed E-state index contributed by atoms with van der Waals surface area (Å²) in [7, 11) is 0. The van der Waals surface area contributed by atoms with E-state index in [4.69, 9.17) is 28.6 Å². The summed E-state index contributed by atoms with van der Waals surface area (Å²) in [6.45, 7) is 2.35. The molecule has 7 heteroatoms. The van der Waals surface area contributed by atoms with E-state index in [1.165, 1.54) is 0 Å². The van der Waals surface area contributed by atoms with Gasteiger partial charge in [0.05, 0.1) is 11.1 Å². The van der Waals surface area contributed by atoms with E-state index in [1.54, 1.807) is 18.2 Å². The molecular formula is C23H22ClN3O2S. The average Bonchev–Trinajstić information content (AvgIpc) is 2.78. The standard InChI is InChI=1S/C23H22ClN3O2S/c1-16(18-7-3-2-4-8-18)25-23(30)27-26-22(28)19-13-11-17(12-14-19)15-29-21-10-6-5-9-20(21)24/h2-14,16H,15H2,1H3,(H,26,28)(H2,25,27,30)/t16-/m1/s1. The van der Waals surface area contributed by atoms with Gasteiger partial charge in [0.25, 0.3) is 5.91 Å². The lowest BCUT2D eigenvalue weighted by molar-refractivity contribution is 0.0943. The number of nitrogens with one attached hydrogen (secondary N) is 3. The predicted molar refractivity (Wildman–Crippen MR) is 123 cm³/mol. The highest BCUT2D eigenvalue weighted by molar-refractivity contribution is 7.80. The summed E-state index contributed by atoms with van der Waals surface area (Å²) in [6, 6.07) is 24.3. The second-order valence-electron chi connectivity index (χ2n) is 6.60. The molecule has 0 spiro atoms.